The minimum Gasteiger partial charge on any atom is -0.396 e. The summed E-state index contributed by atoms with van der Waals surface area (Å²) in [7, 11) is 0. The highest BCUT2D eigenvalue weighted by Crippen LogP contribution is 2.14. The highest BCUT2D eigenvalue weighted by atomic mass is 16.3. The van der Waals surface area contributed by atoms with E-state index in [1.54, 1.807) is 41.5 Å². The first kappa shape index (κ1) is 59.4. The van der Waals surface area contributed by atoms with Crippen molar-refractivity contribution in [2.45, 2.75) is 41.5 Å². The van der Waals surface area contributed by atoms with Crippen molar-refractivity contribution < 1.29 is 91.9 Å². The van der Waals surface area contributed by atoms with Crippen LogP contribution in [0.4, 0.5) is 0 Å². The summed E-state index contributed by atoms with van der Waals surface area (Å²) in [5.74, 6) is 0. The summed E-state index contributed by atoms with van der Waals surface area (Å²) in [5.41, 5.74) is -4.25. The minimum atomic E-state index is -0.708. The topological polar surface area (TPSA) is 364 Å². The molecule has 0 aliphatic carbocycles. The van der Waals surface area contributed by atoms with E-state index < -0.39 is 32.5 Å². The van der Waals surface area contributed by atoms with Crippen LogP contribution in [0, 0.1) is 32.5 Å². The van der Waals surface area contributed by atoms with Crippen molar-refractivity contribution >= 4 is 0 Å². The molecule has 0 amide bonds. The van der Waals surface area contributed by atoms with Gasteiger partial charge in [0, 0.05) is 32.5 Å². The van der Waals surface area contributed by atoms with Gasteiger partial charge in [0.05, 0.1) is 119 Å². The molecule has 48 heavy (non-hydrogen) atoms. The molecular weight excluding hydrogens is 648 g/mol. The second kappa shape index (κ2) is 33.4. The lowest BCUT2D eigenvalue weighted by Gasteiger charge is -2.20. The molecule has 0 radical (unpaired) electrons. The summed E-state index contributed by atoms with van der Waals surface area (Å²) < 4.78 is 0. The predicted molar refractivity (Wildman–Crippen MR) is 176 cm³/mol. The Bertz CT molecular complexity index is 442. The lowest BCUT2D eigenvalue weighted by molar-refractivity contribution is 0.0198. The third kappa shape index (κ3) is 31.3. The fourth-order valence-electron chi connectivity index (χ4n) is 0.900. The molecule has 0 fully saturated rings. The average molecular weight is 721 g/mol. The fraction of sp³-hybridized carbons (Fsp3) is 1.00. The maximum Gasteiger partial charge on any atom is 0.0528 e. The summed E-state index contributed by atoms with van der Waals surface area (Å²) in [4.78, 5) is 0. The van der Waals surface area contributed by atoms with Gasteiger partial charge >= 0.3 is 0 Å². The van der Waals surface area contributed by atoms with E-state index in [0.717, 1.165) is 0 Å². The first-order chi connectivity index (χ1) is 22.1. The van der Waals surface area contributed by atoms with Crippen LogP contribution in [0.1, 0.15) is 41.5 Å². The lowest BCUT2D eigenvalue weighted by atomic mass is 9.95. The van der Waals surface area contributed by atoms with Crippen molar-refractivity contribution in [3.8, 4) is 0 Å². The highest BCUT2D eigenvalue weighted by Gasteiger charge is 2.23. The first-order valence-corrected chi connectivity index (χ1v) is 15.1. The zero-order valence-corrected chi connectivity index (χ0v) is 29.8. The van der Waals surface area contributed by atoms with Crippen molar-refractivity contribution in [2.75, 3.05) is 119 Å². The average Bonchev–Trinajstić information content (AvgIpc) is 3.17. The van der Waals surface area contributed by atoms with Gasteiger partial charge in [-0.05, 0) is 0 Å². The Morgan fingerprint density at radius 1 is 0.167 bits per heavy atom. The standard InChI is InChI=1S/6C5H12O3/c6*1-5(2-6,3-7)4-8/h6*6-8H,2-4H2,1H3. The third-order valence-electron chi connectivity index (χ3n) is 6.87. The number of hydrogen-bond donors (Lipinski definition) is 18. The molecule has 0 heterocycles. The first-order valence-electron chi connectivity index (χ1n) is 15.1. The van der Waals surface area contributed by atoms with Gasteiger partial charge in [0.25, 0.3) is 0 Å². The highest BCUT2D eigenvalue weighted by molar-refractivity contribution is 4.72. The maximum atomic E-state index is 8.47. The van der Waals surface area contributed by atoms with Crippen molar-refractivity contribution in [2.24, 2.45) is 32.5 Å². The molecule has 18 nitrogen and oxygen atoms in total. The van der Waals surface area contributed by atoms with Crippen LogP contribution in [0.15, 0.2) is 0 Å². The molecule has 0 unspecified atom stereocenters. The van der Waals surface area contributed by atoms with Gasteiger partial charge in [0.1, 0.15) is 0 Å². The van der Waals surface area contributed by atoms with E-state index in [9.17, 15) is 0 Å². The molecule has 0 aromatic carbocycles. The Kier molecular flexibility index (Phi) is 41.4. The van der Waals surface area contributed by atoms with Crippen molar-refractivity contribution in [3.63, 3.8) is 0 Å². The quantitative estimate of drug-likeness (QED) is 0.0626. The molecule has 0 rings (SSSR count). The van der Waals surface area contributed by atoms with Crippen LogP contribution in [0.25, 0.3) is 0 Å². The monoisotopic (exact) mass is 720 g/mol. The minimum absolute atomic E-state index is 0.181. The van der Waals surface area contributed by atoms with Gasteiger partial charge < -0.3 is 91.9 Å². The van der Waals surface area contributed by atoms with Crippen LogP contribution in [-0.4, -0.2) is 211 Å². The molecule has 0 aliphatic rings. The Morgan fingerprint density at radius 3 is 0.208 bits per heavy atom. The molecule has 0 atom stereocenters. The molecule has 0 bridgehead atoms. The number of aliphatic hydroxyl groups excluding tert-OH is 18. The van der Waals surface area contributed by atoms with Crippen LogP contribution >= 0.6 is 0 Å². The smallest absolute Gasteiger partial charge is 0.0528 e. The largest absolute Gasteiger partial charge is 0.396 e. The second-order valence-corrected chi connectivity index (χ2v) is 13.7. The number of aliphatic hydroxyl groups is 18. The Morgan fingerprint density at radius 2 is 0.208 bits per heavy atom. The van der Waals surface area contributed by atoms with Crippen LogP contribution in [-0.2, 0) is 0 Å². The van der Waals surface area contributed by atoms with Crippen LogP contribution in [0.3, 0.4) is 0 Å². The van der Waals surface area contributed by atoms with E-state index in [1.807, 2.05) is 0 Å². The van der Waals surface area contributed by atoms with Crippen molar-refractivity contribution in [1.82, 2.24) is 0 Å². The summed E-state index contributed by atoms with van der Waals surface area (Å²) in [6.45, 7) is 6.38. The number of rotatable bonds is 18. The maximum absolute atomic E-state index is 8.47. The van der Waals surface area contributed by atoms with Crippen LogP contribution < -0.4 is 0 Å². The van der Waals surface area contributed by atoms with Gasteiger partial charge in [-0.1, -0.05) is 41.5 Å². The summed E-state index contributed by atoms with van der Waals surface area (Å²) >= 11 is 0. The molecule has 18 N–H and O–H groups in total. The van der Waals surface area contributed by atoms with E-state index in [0.29, 0.717) is 0 Å². The third-order valence-corrected chi connectivity index (χ3v) is 6.87. The normalized spacial score (nSPS) is 12.0. The summed E-state index contributed by atoms with van der Waals surface area (Å²) in [5, 5.41) is 152. The SMILES string of the molecule is CC(CO)(CO)CO.CC(CO)(CO)CO.CC(CO)(CO)CO.CC(CO)(CO)CO.CC(CO)(CO)CO.CC(CO)(CO)CO. The molecular formula is C30H72O18. The van der Waals surface area contributed by atoms with Gasteiger partial charge in [-0.15, -0.1) is 0 Å². The van der Waals surface area contributed by atoms with Gasteiger partial charge in [-0.25, -0.2) is 0 Å². The summed E-state index contributed by atoms with van der Waals surface area (Å²) in [6, 6.07) is 0. The lowest BCUT2D eigenvalue weighted by Crippen LogP contribution is -2.29. The van der Waals surface area contributed by atoms with E-state index in [4.69, 9.17) is 91.9 Å². The van der Waals surface area contributed by atoms with E-state index in [-0.39, 0.29) is 119 Å². The van der Waals surface area contributed by atoms with E-state index >= 15 is 0 Å². The Balaban J connectivity index is -0.000000110. The van der Waals surface area contributed by atoms with Crippen LogP contribution in [0.2, 0.25) is 0 Å². The van der Waals surface area contributed by atoms with Gasteiger partial charge in [0.15, 0.2) is 0 Å². The van der Waals surface area contributed by atoms with E-state index in [1.165, 1.54) is 0 Å². The van der Waals surface area contributed by atoms with Gasteiger partial charge in [0.2, 0.25) is 0 Å². The molecule has 0 aromatic rings. The van der Waals surface area contributed by atoms with Gasteiger partial charge in [-0.2, -0.15) is 0 Å². The van der Waals surface area contributed by atoms with Crippen molar-refractivity contribution in [3.05, 3.63) is 0 Å². The molecule has 300 valence electrons. The zero-order chi connectivity index (χ0) is 39.7. The molecule has 0 aliphatic heterocycles. The van der Waals surface area contributed by atoms with Crippen LogP contribution in [0.5, 0.6) is 0 Å². The molecule has 0 saturated heterocycles. The van der Waals surface area contributed by atoms with Crippen molar-refractivity contribution in [1.29, 1.82) is 0 Å². The second-order valence-electron chi connectivity index (χ2n) is 13.7. The Labute approximate surface area is 285 Å². The predicted octanol–water partition coefficient (Wildman–Crippen LogP) is -6.18. The van der Waals surface area contributed by atoms with E-state index in [2.05, 4.69) is 0 Å². The Hall–Kier alpha value is -0.720. The molecule has 18 heteroatoms. The fourth-order valence-corrected chi connectivity index (χ4v) is 0.900. The zero-order valence-electron chi connectivity index (χ0n) is 29.8. The summed E-state index contributed by atoms with van der Waals surface area (Å²) in [6.07, 6.45) is 0. The molecule has 0 aromatic heterocycles. The molecule has 0 spiro atoms. The van der Waals surface area contributed by atoms with Gasteiger partial charge in [-0.3, -0.25) is 0 Å². The number of hydrogen-bond acceptors (Lipinski definition) is 18. The molecule has 0 saturated carbocycles.